The van der Waals surface area contributed by atoms with Crippen LogP contribution in [0.4, 0.5) is 5.69 Å². The van der Waals surface area contributed by atoms with E-state index in [9.17, 15) is 9.90 Å². The molecule has 0 aliphatic rings. The van der Waals surface area contributed by atoms with Crippen LogP contribution < -0.4 is 5.32 Å². The molecule has 1 amide bonds. The van der Waals surface area contributed by atoms with Gasteiger partial charge in [-0.05, 0) is 52.9 Å². The Morgan fingerprint density at radius 1 is 1.24 bits per heavy atom. The zero-order valence-electron chi connectivity index (χ0n) is 10.9. The molecule has 0 atom stereocenters. The van der Waals surface area contributed by atoms with Gasteiger partial charge in [0.2, 0.25) is 0 Å². The van der Waals surface area contributed by atoms with Gasteiger partial charge in [-0.3, -0.25) is 4.79 Å². The zero-order valence-corrected chi connectivity index (χ0v) is 13.0. The highest BCUT2D eigenvalue weighted by molar-refractivity contribution is 14.1. The Kier molecular flexibility index (Phi) is 4.95. The number of rotatable bonds is 3. The van der Waals surface area contributed by atoms with Crippen LogP contribution in [0, 0.1) is 14.9 Å². The summed E-state index contributed by atoms with van der Waals surface area (Å²) in [6, 6.07) is 15.6. The Morgan fingerprint density at radius 2 is 2.00 bits per heavy atom. The van der Waals surface area contributed by atoms with Crippen molar-refractivity contribution in [1.82, 2.24) is 0 Å². The Balaban J connectivity index is 2.24. The monoisotopic (exact) mass is 390 g/mol. The van der Waals surface area contributed by atoms with Crippen LogP contribution >= 0.6 is 22.6 Å². The molecule has 0 saturated carbocycles. The fourth-order valence-corrected chi connectivity index (χ4v) is 2.22. The molecule has 0 radical (unpaired) electrons. The Bertz CT molecular complexity index is 748. The standard InChI is InChI=1S/C16H11IN2O2/c17-13-5-3-6-14(9-13)19-16(21)12(10-18)8-11-4-1-2-7-15(11)20/h1-9,20H,(H,19,21)/b12-8+. The lowest BCUT2D eigenvalue weighted by Gasteiger charge is -2.05. The molecule has 0 spiro atoms. The van der Waals surface area contributed by atoms with Crippen molar-refractivity contribution in [1.29, 1.82) is 5.26 Å². The van der Waals surface area contributed by atoms with Crippen molar-refractivity contribution >= 4 is 40.3 Å². The van der Waals surface area contributed by atoms with E-state index in [4.69, 9.17) is 5.26 Å². The Morgan fingerprint density at radius 3 is 2.67 bits per heavy atom. The molecule has 0 aliphatic heterocycles. The molecule has 0 bridgehead atoms. The van der Waals surface area contributed by atoms with Gasteiger partial charge in [0.1, 0.15) is 17.4 Å². The highest BCUT2D eigenvalue weighted by Gasteiger charge is 2.10. The van der Waals surface area contributed by atoms with E-state index in [2.05, 4.69) is 27.9 Å². The molecule has 2 N–H and O–H groups in total. The molecule has 5 heteroatoms. The van der Waals surface area contributed by atoms with E-state index in [0.29, 0.717) is 11.3 Å². The average Bonchev–Trinajstić information content (AvgIpc) is 2.46. The van der Waals surface area contributed by atoms with Crippen molar-refractivity contribution in [3.63, 3.8) is 0 Å². The maximum Gasteiger partial charge on any atom is 0.266 e. The number of anilines is 1. The number of nitrogens with zero attached hydrogens (tertiary/aromatic N) is 1. The molecule has 104 valence electrons. The van der Waals surface area contributed by atoms with Gasteiger partial charge in [0.05, 0.1) is 0 Å². The van der Waals surface area contributed by atoms with E-state index in [1.807, 2.05) is 18.2 Å². The van der Waals surface area contributed by atoms with Crippen LogP contribution in [0.15, 0.2) is 54.1 Å². The van der Waals surface area contributed by atoms with Crippen LogP contribution in [0.5, 0.6) is 5.75 Å². The van der Waals surface area contributed by atoms with Gasteiger partial charge in [0.25, 0.3) is 5.91 Å². The fourth-order valence-electron chi connectivity index (χ4n) is 1.68. The van der Waals surface area contributed by atoms with E-state index >= 15 is 0 Å². The van der Waals surface area contributed by atoms with E-state index < -0.39 is 5.91 Å². The third-order valence-corrected chi connectivity index (χ3v) is 3.36. The van der Waals surface area contributed by atoms with E-state index in [1.54, 1.807) is 30.3 Å². The Labute approximate surface area is 135 Å². The summed E-state index contributed by atoms with van der Waals surface area (Å²) in [5.41, 5.74) is 0.965. The lowest BCUT2D eigenvalue weighted by atomic mass is 10.1. The number of phenols is 1. The summed E-state index contributed by atoms with van der Waals surface area (Å²) in [6.07, 6.45) is 1.36. The van der Waals surface area contributed by atoms with Crippen LogP contribution in [0.3, 0.4) is 0 Å². The summed E-state index contributed by atoms with van der Waals surface area (Å²) in [5, 5.41) is 21.5. The van der Waals surface area contributed by atoms with Crippen LogP contribution in [0.2, 0.25) is 0 Å². The molecule has 2 aromatic carbocycles. The SMILES string of the molecule is N#C/C(=C\c1ccccc1O)C(=O)Nc1cccc(I)c1. The molecule has 2 aromatic rings. The van der Waals surface area contributed by atoms with Crippen LogP contribution in [0.1, 0.15) is 5.56 Å². The molecule has 2 rings (SSSR count). The summed E-state index contributed by atoms with van der Waals surface area (Å²) >= 11 is 2.14. The summed E-state index contributed by atoms with van der Waals surface area (Å²) in [5.74, 6) is -0.491. The highest BCUT2D eigenvalue weighted by atomic mass is 127. The van der Waals surface area contributed by atoms with E-state index in [-0.39, 0.29) is 11.3 Å². The van der Waals surface area contributed by atoms with Gasteiger partial charge in [0.15, 0.2) is 0 Å². The normalized spacial score (nSPS) is 10.8. The number of halogens is 1. The van der Waals surface area contributed by atoms with Gasteiger partial charge in [-0.1, -0.05) is 24.3 Å². The number of carbonyl (C=O) groups excluding carboxylic acids is 1. The summed E-state index contributed by atoms with van der Waals surface area (Å²) in [7, 11) is 0. The molecule has 0 unspecified atom stereocenters. The topological polar surface area (TPSA) is 73.1 Å². The number of hydrogen-bond acceptors (Lipinski definition) is 3. The van der Waals surface area contributed by atoms with Crippen LogP contribution in [-0.4, -0.2) is 11.0 Å². The zero-order chi connectivity index (χ0) is 15.2. The second-order valence-corrected chi connectivity index (χ2v) is 5.44. The van der Waals surface area contributed by atoms with Gasteiger partial charge >= 0.3 is 0 Å². The minimum Gasteiger partial charge on any atom is -0.507 e. The van der Waals surface area contributed by atoms with Crippen molar-refractivity contribution in [2.24, 2.45) is 0 Å². The number of amides is 1. The van der Waals surface area contributed by atoms with Crippen molar-refractivity contribution in [3.05, 3.63) is 63.2 Å². The van der Waals surface area contributed by atoms with Crippen molar-refractivity contribution < 1.29 is 9.90 Å². The van der Waals surface area contributed by atoms with Gasteiger partial charge in [0, 0.05) is 14.8 Å². The highest BCUT2D eigenvalue weighted by Crippen LogP contribution is 2.20. The van der Waals surface area contributed by atoms with Crippen molar-refractivity contribution in [2.75, 3.05) is 5.32 Å². The number of nitrogens with one attached hydrogen (secondary N) is 1. The second kappa shape index (κ2) is 6.90. The molecule has 0 aromatic heterocycles. The summed E-state index contributed by atoms with van der Waals surface area (Å²) < 4.78 is 0.980. The van der Waals surface area contributed by atoms with Crippen molar-refractivity contribution in [3.8, 4) is 11.8 Å². The van der Waals surface area contributed by atoms with Gasteiger partial charge in [-0.2, -0.15) is 5.26 Å². The smallest absolute Gasteiger partial charge is 0.266 e. The number of carbonyl (C=O) groups is 1. The number of aromatic hydroxyl groups is 1. The molecule has 0 aliphatic carbocycles. The second-order valence-electron chi connectivity index (χ2n) is 4.19. The number of hydrogen-bond donors (Lipinski definition) is 2. The van der Waals surface area contributed by atoms with Gasteiger partial charge in [-0.25, -0.2) is 0 Å². The molecular formula is C16H11IN2O2. The first-order valence-corrected chi connectivity index (χ1v) is 7.15. The van der Waals surface area contributed by atoms with E-state index in [1.165, 1.54) is 12.1 Å². The third kappa shape index (κ3) is 4.07. The predicted molar refractivity (Wildman–Crippen MR) is 89.5 cm³/mol. The maximum absolute atomic E-state index is 12.1. The maximum atomic E-state index is 12.1. The van der Waals surface area contributed by atoms with E-state index in [0.717, 1.165) is 3.57 Å². The molecule has 4 nitrogen and oxygen atoms in total. The average molecular weight is 390 g/mol. The van der Waals surface area contributed by atoms with Gasteiger partial charge in [-0.15, -0.1) is 0 Å². The predicted octanol–water partition coefficient (Wildman–Crippen LogP) is 3.54. The fraction of sp³-hybridized carbons (Fsp3) is 0. The quantitative estimate of drug-likeness (QED) is 0.479. The van der Waals surface area contributed by atoms with Crippen LogP contribution in [0.25, 0.3) is 6.08 Å². The number of nitriles is 1. The first kappa shape index (κ1) is 15.1. The molecule has 0 heterocycles. The van der Waals surface area contributed by atoms with Crippen molar-refractivity contribution in [2.45, 2.75) is 0 Å². The lowest BCUT2D eigenvalue weighted by molar-refractivity contribution is -0.112. The first-order chi connectivity index (χ1) is 10.1. The number of benzene rings is 2. The number of para-hydroxylation sites is 1. The Hall–Kier alpha value is -2.33. The largest absolute Gasteiger partial charge is 0.507 e. The molecular weight excluding hydrogens is 379 g/mol. The minimum atomic E-state index is -0.511. The lowest BCUT2D eigenvalue weighted by Crippen LogP contribution is -2.13. The summed E-state index contributed by atoms with van der Waals surface area (Å²) in [6.45, 7) is 0. The minimum absolute atomic E-state index is 0.0207. The molecule has 0 fully saturated rings. The first-order valence-electron chi connectivity index (χ1n) is 6.07. The molecule has 21 heavy (non-hydrogen) atoms. The summed E-state index contributed by atoms with van der Waals surface area (Å²) in [4.78, 5) is 12.1. The van der Waals surface area contributed by atoms with Crippen LogP contribution in [-0.2, 0) is 4.79 Å². The van der Waals surface area contributed by atoms with Gasteiger partial charge < -0.3 is 10.4 Å². The number of phenolic OH excluding ortho intramolecular Hbond substituents is 1. The third-order valence-electron chi connectivity index (χ3n) is 2.68. The molecule has 0 saturated heterocycles.